The summed E-state index contributed by atoms with van der Waals surface area (Å²) in [5.74, 6) is 5.64. The average Bonchev–Trinajstić information content (AvgIpc) is 2.92. The minimum Gasteiger partial charge on any atom is -0.462 e. The maximum atomic E-state index is 11.6. The van der Waals surface area contributed by atoms with Crippen molar-refractivity contribution < 1.29 is 9.53 Å². The number of aromatic nitrogens is 2. The van der Waals surface area contributed by atoms with E-state index in [-0.39, 0.29) is 18.0 Å². The summed E-state index contributed by atoms with van der Waals surface area (Å²) in [4.78, 5) is 20.9. The first-order chi connectivity index (χ1) is 8.76. The molecule has 0 spiro atoms. The molecule has 2 aromatic heterocycles. The Kier molecular flexibility index (Phi) is 3.85. The number of ether oxygens (including phenoxy) is 1. The molecular weight excluding hydrogens is 252 g/mol. The number of anilines is 1. The molecule has 0 radical (unpaired) electrons. The van der Waals surface area contributed by atoms with Crippen molar-refractivity contribution in [2.24, 2.45) is 5.84 Å². The van der Waals surface area contributed by atoms with E-state index in [1.165, 1.54) is 17.5 Å². The van der Waals surface area contributed by atoms with Crippen LogP contribution in [0, 0.1) is 0 Å². The van der Waals surface area contributed by atoms with Crippen molar-refractivity contribution in [3.05, 3.63) is 29.3 Å². The topological polar surface area (TPSA) is 90.1 Å². The van der Waals surface area contributed by atoms with Gasteiger partial charge < -0.3 is 10.2 Å². The molecule has 2 heterocycles. The summed E-state index contributed by atoms with van der Waals surface area (Å²) in [6.07, 6.45) is 1.41. The van der Waals surface area contributed by atoms with Gasteiger partial charge >= 0.3 is 5.97 Å². The van der Waals surface area contributed by atoms with Gasteiger partial charge in [0.15, 0.2) is 11.6 Å². The number of nitrogens with zero attached hydrogens (tertiary/aromatic N) is 2. The van der Waals surface area contributed by atoms with Crippen LogP contribution in [0.15, 0.2) is 23.7 Å². The highest BCUT2D eigenvalue weighted by Gasteiger charge is 2.15. The highest BCUT2D eigenvalue weighted by atomic mass is 32.1. The first-order valence-corrected chi connectivity index (χ1v) is 6.19. The van der Waals surface area contributed by atoms with Crippen molar-refractivity contribution in [2.45, 2.75) is 6.92 Å². The first kappa shape index (κ1) is 12.5. The van der Waals surface area contributed by atoms with Crippen LogP contribution in [-0.2, 0) is 4.74 Å². The number of carbonyl (C=O) groups excluding carboxylic acids is 1. The number of nitrogen functional groups attached to an aromatic ring is 1. The highest BCUT2D eigenvalue weighted by Crippen LogP contribution is 2.23. The number of hydrogen-bond acceptors (Lipinski definition) is 7. The van der Waals surface area contributed by atoms with Crippen LogP contribution in [0.25, 0.3) is 10.7 Å². The van der Waals surface area contributed by atoms with E-state index in [0.717, 1.165) is 4.88 Å². The van der Waals surface area contributed by atoms with Crippen LogP contribution < -0.4 is 11.3 Å². The number of rotatable bonds is 4. The summed E-state index contributed by atoms with van der Waals surface area (Å²) in [5, 5.41) is 1.92. The smallest absolute Gasteiger partial charge is 0.343 e. The quantitative estimate of drug-likeness (QED) is 0.496. The van der Waals surface area contributed by atoms with Crippen molar-refractivity contribution in [1.82, 2.24) is 9.97 Å². The SMILES string of the molecule is CCOC(=O)c1cnc(-c2cccs2)nc1NN. The molecule has 0 amide bonds. The number of nitrogens with one attached hydrogen (secondary N) is 1. The standard InChI is InChI=1S/C11H12N4O2S/c1-2-17-11(16)7-6-13-10(14-9(7)15-12)8-4-3-5-18-8/h3-6H,2,12H2,1H3,(H,13,14,15). The molecule has 0 saturated heterocycles. The maximum Gasteiger partial charge on any atom is 0.343 e. The lowest BCUT2D eigenvalue weighted by molar-refractivity contribution is 0.0526. The molecule has 3 N–H and O–H groups in total. The Morgan fingerprint density at radius 3 is 3.06 bits per heavy atom. The van der Waals surface area contributed by atoms with E-state index in [4.69, 9.17) is 10.6 Å². The summed E-state index contributed by atoms with van der Waals surface area (Å²) in [7, 11) is 0. The van der Waals surface area contributed by atoms with Crippen LogP contribution in [0.3, 0.4) is 0 Å². The molecule has 0 aliphatic rings. The minimum atomic E-state index is -0.497. The van der Waals surface area contributed by atoms with Crippen LogP contribution in [-0.4, -0.2) is 22.5 Å². The summed E-state index contributed by atoms with van der Waals surface area (Å²) in [5.41, 5.74) is 2.61. The van der Waals surface area contributed by atoms with E-state index in [0.29, 0.717) is 5.82 Å². The molecule has 7 heteroatoms. The van der Waals surface area contributed by atoms with Gasteiger partial charge in [-0.05, 0) is 18.4 Å². The lowest BCUT2D eigenvalue weighted by Crippen LogP contribution is -2.16. The lowest BCUT2D eigenvalue weighted by Gasteiger charge is -2.07. The Bertz CT molecular complexity index is 542. The van der Waals surface area contributed by atoms with Gasteiger partial charge in [-0.3, -0.25) is 0 Å². The fourth-order valence-electron chi connectivity index (χ4n) is 1.37. The molecular formula is C11H12N4O2S. The zero-order valence-corrected chi connectivity index (χ0v) is 10.5. The molecule has 0 fully saturated rings. The lowest BCUT2D eigenvalue weighted by atomic mass is 10.3. The first-order valence-electron chi connectivity index (χ1n) is 5.31. The van der Waals surface area contributed by atoms with Gasteiger partial charge in [-0.25, -0.2) is 20.6 Å². The molecule has 2 rings (SSSR count). The third-order valence-corrected chi connectivity index (χ3v) is 3.03. The van der Waals surface area contributed by atoms with Gasteiger partial charge in [-0.1, -0.05) is 6.07 Å². The molecule has 0 saturated carbocycles. The van der Waals surface area contributed by atoms with Crippen molar-refractivity contribution in [3.8, 4) is 10.7 Å². The zero-order valence-electron chi connectivity index (χ0n) is 9.71. The molecule has 0 unspecified atom stereocenters. The van der Waals surface area contributed by atoms with Crippen LogP contribution in [0.1, 0.15) is 17.3 Å². The Morgan fingerprint density at radius 2 is 2.44 bits per heavy atom. The fourth-order valence-corrected chi connectivity index (χ4v) is 2.04. The number of esters is 1. The van der Waals surface area contributed by atoms with E-state index < -0.39 is 5.97 Å². The molecule has 0 aliphatic carbocycles. The second-order valence-electron chi connectivity index (χ2n) is 3.30. The Labute approximate surface area is 108 Å². The van der Waals surface area contributed by atoms with E-state index >= 15 is 0 Å². The predicted octanol–water partition coefficient (Wildman–Crippen LogP) is 1.67. The molecule has 0 aromatic carbocycles. The summed E-state index contributed by atoms with van der Waals surface area (Å²) in [6.45, 7) is 2.02. The molecule has 0 aliphatic heterocycles. The van der Waals surface area contributed by atoms with Gasteiger partial charge in [0.25, 0.3) is 0 Å². The van der Waals surface area contributed by atoms with Gasteiger partial charge in [0.05, 0.1) is 11.5 Å². The minimum absolute atomic E-state index is 0.222. The van der Waals surface area contributed by atoms with E-state index in [1.807, 2.05) is 17.5 Å². The van der Waals surface area contributed by atoms with Crippen LogP contribution in [0.2, 0.25) is 0 Å². The summed E-state index contributed by atoms with van der Waals surface area (Å²) < 4.78 is 4.89. The second-order valence-corrected chi connectivity index (χ2v) is 4.25. The van der Waals surface area contributed by atoms with Gasteiger partial charge in [0, 0.05) is 6.20 Å². The van der Waals surface area contributed by atoms with Crippen molar-refractivity contribution in [3.63, 3.8) is 0 Å². The van der Waals surface area contributed by atoms with E-state index in [1.54, 1.807) is 6.92 Å². The number of hydrazine groups is 1. The van der Waals surface area contributed by atoms with Gasteiger partial charge in [0.2, 0.25) is 0 Å². The molecule has 6 nitrogen and oxygen atoms in total. The Morgan fingerprint density at radius 1 is 1.61 bits per heavy atom. The van der Waals surface area contributed by atoms with E-state index in [9.17, 15) is 4.79 Å². The van der Waals surface area contributed by atoms with Gasteiger partial charge in [-0.15, -0.1) is 11.3 Å². The zero-order chi connectivity index (χ0) is 13.0. The molecule has 2 aromatic rings. The van der Waals surface area contributed by atoms with Crippen LogP contribution >= 0.6 is 11.3 Å². The van der Waals surface area contributed by atoms with Crippen molar-refractivity contribution in [1.29, 1.82) is 0 Å². The molecule has 94 valence electrons. The predicted molar refractivity (Wildman–Crippen MR) is 69.1 cm³/mol. The summed E-state index contributed by atoms with van der Waals surface area (Å²) in [6, 6.07) is 3.79. The fraction of sp³-hybridized carbons (Fsp3) is 0.182. The molecule has 0 atom stereocenters. The Balaban J connectivity index is 2.37. The van der Waals surface area contributed by atoms with Gasteiger partial charge in [-0.2, -0.15) is 0 Å². The Hall–Kier alpha value is -1.99. The van der Waals surface area contributed by atoms with Crippen molar-refractivity contribution >= 4 is 23.1 Å². The number of carbonyl (C=O) groups is 1. The third kappa shape index (κ3) is 2.47. The number of nitrogens with two attached hydrogens (primary N) is 1. The van der Waals surface area contributed by atoms with Crippen molar-refractivity contribution in [2.75, 3.05) is 12.0 Å². The second kappa shape index (κ2) is 5.56. The normalized spacial score (nSPS) is 10.1. The number of hydrogen-bond donors (Lipinski definition) is 2. The van der Waals surface area contributed by atoms with Crippen LogP contribution in [0.5, 0.6) is 0 Å². The van der Waals surface area contributed by atoms with Gasteiger partial charge in [0.1, 0.15) is 5.56 Å². The maximum absolute atomic E-state index is 11.6. The largest absolute Gasteiger partial charge is 0.462 e. The summed E-state index contributed by atoms with van der Waals surface area (Å²) >= 11 is 1.51. The molecule has 0 bridgehead atoms. The third-order valence-electron chi connectivity index (χ3n) is 2.16. The van der Waals surface area contributed by atoms with Crippen LogP contribution in [0.4, 0.5) is 5.82 Å². The monoisotopic (exact) mass is 264 g/mol. The highest BCUT2D eigenvalue weighted by molar-refractivity contribution is 7.13. The average molecular weight is 264 g/mol. The molecule has 18 heavy (non-hydrogen) atoms. The van der Waals surface area contributed by atoms with E-state index in [2.05, 4.69) is 15.4 Å². The number of thiophene rings is 1.